The smallest absolute Gasteiger partial charge is 0.133 e. The first-order valence-corrected chi connectivity index (χ1v) is 3.88. The third kappa shape index (κ3) is 1.47. The maximum Gasteiger partial charge on any atom is 0.133 e. The maximum atomic E-state index is 10.9. The number of rotatable bonds is 1. The van der Waals surface area contributed by atoms with Gasteiger partial charge in [-0.15, -0.1) is 0 Å². The molecular formula is C9H14O. The summed E-state index contributed by atoms with van der Waals surface area (Å²) in [6.07, 6.45) is 5.38. The van der Waals surface area contributed by atoms with Crippen LogP contribution >= 0.6 is 0 Å². The summed E-state index contributed by atoms with van der Waals surface area (Å²) in [7, 11) is 0. The van der Waals surface area contributed by atoms with Gasteiger partial charge in [-0.3, -0.25) is 4.79 Å². The zero-order chi connectivity index (χ0) is 7.56. The van der Waals surface area contributed by atoms with E-state index < -0.39 is 0 Å². The number of ketones is 1. The summed E-state index contributed by atoms with van der Waals surface area (Å²) in [5.74, 6) is 0.697. The van der Waals surface area contributed by atoms with Crippen LogP contribution in [0, 0.1) is 5.92 Å². The van der Waals surface area contributed by atoms with E-state index in [0.717, 1.165) is 19.3 Å². The highest BCUT2D eigenvalue weighted by Crippen LogP contribution is 2.30. The molecular weight excluding hydrogens is 124 g/mol. The van der Waals surface area contributed by atoms with Crippen molar-refractivity contribution in [3.8, 4) is 0 Å². The van der Waals surface area contributed by atoms with E-state index in [1.54, 1.807) is 6.92 Å². The Bertz CT molecular complexity index is 168. The minimum atomic E-state index is 0.339. The molecule has 1 fully saturated rings. The molecule has 0 bridgehead atoms. The molecule has 1 aliphatic carbocycles. The zero-order valence-electron chi connectivity index (χ0n) is 6.68. The normalized spacial score (nSPS) is 29.4. The molecule has 0 aromatic heterocycles. The predicted octanol–water partition coefficient (Wildman–Crippen LogP) is 2.32. The van der Waals surface area contributed by atoms with Gasteiger partial charge >= 0.3 is 0 Å². The summed E-state index contributed by atoms with van der Waals surface area (Å²) in [4.78, 5) is 10.9. The second-order valence-electron chi connectivity index (χ2n) is 3.00. The van der Waals surface area contributed by atoms with Crippen molar-refractivity contribution in [2.45, 2.75) is 33.1 Å². The zero-order valence-corrected chi connectivity index (χ0v) is 6.68. The lowest BCUT2D eigenvalue weighted by molar-refractivity contribution is -0.120. The molecule has 0 aliphatic heterocycles. The molecule has 0 aromatic carbocycles. The first kappa shape index (κ1) is 7.52. The van der Waals surface area contributed by atoms with Gasteiger partial charge in [0.15, 0.2) is 0 Å². The third-order valence-corrected chi connectivity index (χ3v) is 2.31. The number of carbonyl (C=O) groups excluding carboxylic acids is 1. The average molecular weight is 138 g/mol. The number of allylic oxidation sites excluding steroid dienone is 2. The van der Waals surface area contributed by atoms with Gasteiger partial charge in [0.25, 0.3) is 0 Å². The van der Waals surface area contributed by atoms with Crippen LogP contribution in [0.1, 0.15) is 33.1 Å². The Balaban J connectivity index is 2.51. The van der Waals surface area contributed by atoms with Gasteiger partial charge in [0.05, 0.1) is 0 Å². The number of hydrogen-bond donors (Lipinski definition) is 0. The van der Waals surface area contributed by atoms with E-state index in [1.807, 2.05) is 0 Å². The molecule has 0 N–H and O–H groups in total. The van der Waals surface area contributed by atoms with Crippen molar-refractivity contribution in [1.29, 1.82) is 0 Å². The van der Waals surface area contributed by atoms with Crippen molar-refractivity contribution in [2.24, 2.45) is 5.92 Å². The minimum absolute atomic E-state index is 0.339. The summed E-state index contributed by atoms with van der Waals surface area (Å²) in [5.41, 5.74) is 1.46. The van der Waals surface area contributed by atoms with Crippen molar-refractivity contribution in [3.05, 3.63) is 11.6 Å². The number of Topliss-reactive ketones (excluding diaryl/α,β-unsaturated/α-hetero) is 1. The summed E-state index contributed by atoms with van der Waals surface area (Å²) in [6.45, 7) is 3.75. The van der Waals surface area contributed by atoms with Crippen LogP contribution in [0.15, 0.2) is 11.6 Å². The fraction of sp³-hybridized carbons (Fsp3) is 0.667. The van der Waals surface area contributed by atoms with Crippen LogP contribution in [0.2, 0.25) is 0 Å². The van der Waals surface area contributed by atoms with E-state index in [2.05, 4.69) is 13.0 Å². The van der Waals surface area contributed by atoms with Gasteiger partial charge in [-0.1, -0.05) is 11.6 Å². The molecule has 56 valence electrons. The fourth-order valence-corrected chi connectivity index (χ4v) is 1.49. The third-order valence-electron chi connectivity index (χ3n) is 2.31. The van der Waals surface area contributed by atoms with Crippen LogP contribution in [0.5, 0.6) is 0 Å². The van der Waals surface area contributed by atoms with E-state index in [9.17, 15) is 4.79 Å². The topological polar surface area (TPSA) is 17.1 Å². The lowest BCUT2D eigenvalue weighted by Crippen LogP contribution is -2.04. The molecule has 0 heterocycles. The van der Waals surface area contributed by atoms with Crippen LogP contribution in [0.3, 0.4) is 0 Å². The molecule has 1 aliphatic rings. The van der Waals surface area contributed by atoms with Gasteiger partial charge in [-0.05, 0) is 33.1 Å². The lowest BCUT2D eigenvalue weighted by atomic mass is 10.0. The van der Waals surface area contributed by atoms with E-state index in [1.165, 1.54) is 5.57 Å². The molecule has 1 atom stereocenters. The van der Waals surface area contributed by atoms with Crippen LogP contribution in [0.25, 0.3) is 0 Å². The Hall–Kier alpha value is -0.590. The van der Waals surface area contributed by atoms with Crippen molar-refractivity contribution in [3.63, 3.8) is 0 Å². The second kappa shape index (κ2) is 3.00. The summed E-state index contributed by atoms with van der Waals surface area (Å²) in [5, 5.41) is 0. The van der Waals surface area contributed by atoms with Crippen molar-refractivity contribution < 1.29 is 4.79 Å². The Kier molecular flexibility index (Phi) is 2.25. The molecule has 0 radical (unpaired) electrons. The van der Waals surface area contributed by atoms with Crippen LogP contribution < -0.4 is 0 Å². The van der Waals surface area contributed by atoms with Crippen LogP contribution in [0.4, 0.5) is 0 Å². The molecule has 1 unspecified atom stereocenters. The molecule has 0 aromatic rings. The lowest BCUT2D eigenvalue weighted by Gasteiger charge is -1.99. The first-order chi connectivity index (χ1) is 4.74. The summed E-state index contributed by atoms with van der Waals surface area (Å²) in [6, 6.07) is 0. The molecule has 0 amide bonds. The maximum absolute atomic E-state index is 10.9. The fourth-order valence-electron chi connectivity index (χ4n) is 1.49. The molecule has 1 heteroatoms. The molecule has 1 saturated carbocycles. The standard InChI is InChI=1S/C9H14O/c1-3-8-4-5-9(6-8)7(2)10/h3,9H,4-6H2,1-2H3/b8-3+. The van der Waals surface area contributed by atoms with Gasteiger partial charge in [0.1, 0.15) is 5.78 Å². The Morgan fingerprint density at radius 3 is 2.70 bits per heavy atom. The Morgan fingerprint density at radius 2 is 2.40 bits per heavy atom. The highest BCUT2D eigenvalue weighted by atomic mass is 16.1. The number of hydrogen-bond acceptors (Lipinski definition) is 1. The van der Waals surface area contributed by atoms with Gasteiger partial charge in [-0.25, -0.2) is 0 Å². The van der Waals surface area contributed by atoms with Gasteiger partial charge in [-0.2, -0.15) is 0 Å². The highest BCUT2D eigenvalue weighted by molar-refractivity contribution is 5.79. The van der Waals surface area contributed by atoms with E-state index in [-0.39, 0.29) is 0 Å². The molecule has 10 heavy (non-hydrogen) atoms. The van der Waals surface area contributed by atoms with Crippen LogP contribution in [-0.2, 0) is 4.79 Å². The monoisotopic (exact) mass is 138 g/mol. The van der Waals surface area contributed by atoms with Crippen molar-refractivity contribution >= 4 is 5.78 Å². The Labute approximate surface area is 62.1 Å². The molecule has 1 rings (SSSR count). The van der Waals surface area contributed by atoms with E-state index in [0.29, 0.717) is 11.7 Å². The van der Waals surface area contributed by atoms with Crippen molar-refractivity contribution in [2.75, 3.05) is 0 Å². The highest BCUT2D eigenvalue weighted by Gasteiger charge is 2.21. The van der Waals surface area contributed by atoms with Gasteiger partial charge in [0.2, 0.25) is 0 Å². The van der Waals surface area contributed by atoms with Gasteiger partial charge in [0, 0.05) is 5.92 Å². The summed E-state index contributed by atoms with van der Waals surface area (Å²) < 4.78 is 0. The molecule has 1 nitrogen and oxygen atoms in total. The first-order valence-electron chi connectivity index (χ1n) is 3.88. The Morgan fingerprint density at radius 1 is 1.70 bits per heavy atom. The molecule has 0 saturated heterocycles. The summed E-state index contributed by atoms with van der Waals surface area (Å²) >= 11 is 0. The SMILES string of the molecule is C/C=C1\CCC(C(C)=O)C1. The van der Waals surface area contributed by atoms with E-state index in [4.69, 9.17) is 0 Å². The van der Waals surface area contributed by atoms with Crippen LogP contribution in [-0.4, -0.2) is 5.78 Å². The quantitative estimate of drug-likeness (QED) is 0.508. The van der Waals surface area contributed by atoms with Gasteiger partial charge < -0.3 is 0 Å². The molecule has 0 spiro atoms. The number of carbonyl (C=O) groups is 1. The van der Waals surface area contributed by atoms with Crippen molar-refractivity contribution in [1.82, 2.24) is 0 Å². The largest absolute Gasteiger partial charge is 0.300 e. The average Bonchev–Trinajstić information content (AvgIpc) is 2.34. The second-order valence-corrected chi connectivity index (χ2v) is 3.00. The van der Waals surface area contributed by atoms with E-state index >= 15 is 0 Å². The predicted molar refractivity (Wildman–Crippen MR) is 41.8 cm³/mol. The minimum Gasteiger partial charge on any atom is -0.300 e.